The lowest BCUT2D eigenvalue weighted by atomic mass is 9.95. The van der Waals surface area contributed by atoms with Gasteiger partial charge in [-0.3, -0.25) is 4.79 Å². The zero-order valence-electron chi connectivity index (χ0n) is 13.8. The van der Waals surface area contributed by atoms with Crippen LogP contribution < -0.4 is 5.32 Å². The Kier molecular flexibility index (Phi) is 3.68. The molecule has 25 heavy (non-hydrogen) atoms. The number of carbonyl (C=O) groups is 1. The Balaban J connectivity index is 1.50. The van der Waals surface area contributed by atoms with Crippen LogP contribution in [0.3, 0.4) is 0 Å². The molecule has 2 aromatic rings. The van der Waals surface area contributed by atoms with E-state index in [1.54, 1.807) is 29.4 Å². The van der Waals surface area contributed by atoms with E-state index in [0.29, 0.717) is 5.69 Å². The Morgan fingerprint density at radius 2 is 2.28 bits per heavy atom. The van der Waals surface area contributed by atoms with Gasteiger partial charge >= 0.3 is 0 Å². The van der Waals surface area contributed by atoms with Gasteiger partial charge in [0.1, 0.15) is 11.5 Å². The first-order valence-corrected chi connectivity index (χ1v) is 8.37. The van der Waals surface area contributed by atoms with Crippen LogP contribution >= 0.6 is 0 Å². The van der Waals surface area contributed by atoms with E-state index in [0.717, 1.165) is 24.8 Å². The van der Waals surface area contributed by atoms with Gasteiger partial charge in [0.25, 0.3) is 5.91 Å². The normalized spacial score (nSPS) is 24.4. The number of hydrogen-bond acceptors (Lipinski definition) is 4. The topological polar surface area (TPSA) is 74.0 Å². The van der Waals surface area contributed by atoms with Crippen LogP contribution in [0.4, 0.5) is 4.39 Å². The minimum Gasteiger partial charge on any atom is -0.347 e. The number of aryl methyl sites for hydroxylation is 1. The number of nitrogens with zero attached hydrogens (tertiary/aromatic N) is 4. The molecule has 7 heteroatoms. The lowest BCUT2D eigenvalue weighted by Gasteiger charge is -2.22. The van der Waals surface area contributed by atoms with E-state index in [1.807, 2.05) is 6.92 Å². The zero-order chi connectivity index (χ0) is 17.6. The van der Waals surface area contributed by atoms with Gasteiger partial charge < -0.3 is 10.2 Å². The Bertz CT molecular complexity index is 871. The molecule has 128 valence electrons. The smallest absolute Gasteiger partial charge is 0.251 e. The minimum atomic E-state index is -0.498. The van der Waals surface area contributed by atoms with E-state index in [1.165, 1.54) is 10.7 Å². The van der Waals surface area contributed by atoms with Gasteiger partial charge in [-0.2, -0.15) is 10.4 Å². The fourth-order valence-electron chi connectivity index (χ4n) is 3.93. The van der Waals surface area contributed by atoms with E-state index in [4.69, 9.17) is 0 Å². The predicted molar refractivity (Wildman–Crippen MR) is 88.4 cm³/mol. The Morgan fingerprint density at radius 1 is 1.44 bits per heavy atom. The summed E-state index contributed by atoms with van der Waals surface area (Å²) >= 11 is 0. The van der Waals surface area contributed by atoms with E-state index >= 15 is 0 Å². The van der Waals surface area contributed by atoms with Crippen molar-refractivity contribution in [3.63, 3.8) is 0 Å². The van der Waals surface area contributed by atoms with Crippen molar-refractivity contribution in [3.05, 3.63) is 47.5 Å². The van der Waals surface area contributed by atoms with Crippen LogP contribution in [0.1, 0.15) is 35.2 Å². The molecule has 0 unspecified atom stereocenters. The Labute approximate surface area is 144 Å². The number of halogens is 1. The number of carbonyl (C=O) groups excluding carboxylic acids is 1. The number of nitriles is 1. The zero-order valence-corrected chi connectivity index (χ0v) is 13.8. The van der Waals surface area contributed by atoms with Gasteiger partial charge in [0.2, 0.25) is 0 Å². The second kappa shape index (κ2) is 5.88. The van der Waals surface area contributed by atoms with Crippen LogP contribution in [0.15, 0.2) is 30.6 Å². The van der Waals surface area contributed by atoms with Crippen LogP contribution in [0, 0.1) is 24.2 Å². The first-order valence-electron chi connectivity index (χ1n) is 8.37. The van der Waals surface area contributed by atoms with Gasteiger partial charge in [0, 0.05) is 17.8 Å². The van der Waals surface area contributed by atoms with E-state index in [-0.39, 0.29) is 29.6 Å². The summed E-state index contributed by atoms with van der Waals surface area (Å²) in [6.07, 6.45) is 8.28. The molecule has 3 atom stereocenters. The molecule has 0 aliphatic carbocycles. The molecule has 2 bridgehead atoms. The molecule has 6 nitrogen and oxygen atoms in total. The molecule has 4 rings (SSSR count). The third kappa shape index (κ3) is 2.64. The molecule has 2 fully saturated rings. The van der Waals surface area contributed by atoms with E-state index in [9.17, 15) is 14.4 Å². The van der Waals surface area contributed by atoms with Crippen molar-refractivity contribution in [1.29, 1.82) is 5.26 Å². The molecule has 0 spiro atoms. The maximum Gasteiger partial charge on any atom is 0.251 e. The van der Waals surface area contributed by atoms with Gasteiger partial charge in [-0.25, -0.2) is 9.07 Å². The number of benzene rings is 1. The predicted octanol–water partition coefficient (Wildman–Crippen LogP) is 2.14. The maximum absolute atomic E-state index is 14.4. The third-order valence-electron chi connectivity index (χ3n) is 5.14. The van der Waals surface area contributed by atoms with Crippen molar-refractivity contribution in [2.45, 2.75) is 44.3 Å². The largest absolute Gasteiger partial charge is 0.347 e. The van der Waals surface area contributed by atoms with Crippen molar-refractivity contribution in [1.82, 2.24) is 20.0 Å². The molecule has 0 radical (unpaired) electrons. The highest BCUT2D eigenvalue weighted by molar-refractivity contribution is 5.94. The van der Waals surface area contributed by atoms with Crippen molar-refractivity contribution in [2.24, 2.45) is 0 Å². The van der Waals surface area contributed by atoms with E-state index in [2.05, 4.69) is 16.6 Å². The monoisotopic (exact) mass is 339 g/mol. The number of fused-ring (bicyclic) bond motifs is 2. The highest BCUT2D eigenvalue weighted by Gasteiger charge is 2.46. The molecule has 1 aromatic carbocycles. The number of nitrogens with one attached hydrogen (secondary N) is 1. The molecule has 1 aromatic heterocycles. The van der Waals surface area contributed by atoms with Gasteiger partial charge in [0.05, 0.1) is 18.3 Å². The number of aromatic nitrogens is 2. The van der Waals surface area contributed by atoms with Crippen molar-refractivity contribution in [2.75, 3.05) is 0 Å². The summed E-state index contributed by atoms with van der Waals surface area (Å²) in [6, 6.07) is 4.62. The summed E-state index contributed by atoms with van der Waals surface area (Å²) < 4.78 is 15.8. The molecule has 1 N–H and O–H groups in total. The second-order valence-corrected chi connectivity index (χ2v) is 6.75. The van der Waals surface area contributed by atoms with Crippen molar-refractivity contribution >= 4 is 5.91 Å². The Morgan fingerprint density at radius 3 is 2.92 bits per heavy atom. The van der Waals surface area contributed by atoms with Crippen LogP contribution in [0.2, 0.25) is 0 Å². The van der Waals surface area contributed by atoms with Crippen LogP contribution in [0.5, 0.6) is 0 Å². The highest BCUT2D eigenvalue weighted by Crippen LogP contribution is 2.37. The van der Waals surface area contributed by atoms with Crippen LogP contribution in [-0.4, -0.2) is 38.7 Å². The van der Waals surface area contributed by atoms with Gasteiger partial charge in [-0.15, -0.1) is 0 Å². The molecule has 3 heterocycles. The average Bonchev–Trinajstić information content (AvgIpc) is 3.28. The molecular formula is C18H18FN5O. The van der Waals surface area contributed by atoms with Gasteiger partial charge in [-0.05, 0) is 49.9 Å². The van der Waals surface area contributed by atoms with E-state index < -0.39 is 5.82 Å². The third-order valence-corrected chi connectivity index (χ3v) is 5.14. The first-order chi connectivity index (χ1) is 12.1. The lowest BCUT2D eigenvalue weighted by molar-refractivity contribution is 0.0928. The summed E-state index contributed by atoms with van der Waals surface area (Å²) in [5, 5.41) is 16.2. The summed E-state index contributed by atoms with van der Waals surface area (Å²) in [5.41, 5.74) is 1.51. The standard InChI is InChI=1S/C18H18FN5O/c1-11-8-21-24(9-11)16-4-2-12(6-14(16)19)18(25)22-15-7-13-3-5-17(15)23(13)10-20/h2,4,6,8-9,13,15,17H,3,5,7H2,1H3,(H,22,25)/t13-,15+,17+/m0/s1. The molecule has 2 aliphatic heterocycles. The van der Waals surface area contributed by atoms with Crippen molar-refractivity contribution < 1.29 is 9.18 Å². The Hall–Kier alpha value is -2.88. The fourth-order valence-corrected chi connectivity index (χ4v) is 3.93. The fraction of sp³-hybridized carbons (Fsp3) is 0.389. The minimum absolute atomic E-state index is 0.0533. The molecule has 0 saturated carbocycles. The van der Waals surface area contributed by atoms with Crippen molar-refractivity contribution in [3.8, 4) is 11.9 Å². The highest BCUT2D eigenvalue weighted by atomic mass is 19.1. The first kappa shape index (κ1) is 15.6. The maximum atomic E-state index is 14.4. The summed E-state index contributed by atoms with van der Waals surface area (Å²) in [7, 11) is 0. The molecule has 2 saturated heterocycles. The number of rotatable bonds is 3. The van der Waals surface area contributed by atoms with Gasteiger partial charge in [-0.1, -0.05) is 0 Å². The second-order valence-electron chi connectivity index (χ2n) is 6.75. The molecule has 2 aliphatic rings. The lowest BCUT2D eigenvalue weighted by Crippen LogP contribution is -2.43. The summed E-state index contributed by atoms with van der Waals surface area (Å²) in [4.78, 5) is 14.3. The van der Waals surface area contributed by atoms with Crippen LogP contribution in [0.25, 0.3) is 5.69 Å². The van der Waals surface area contributed by atoms with Gasteiger partial charge in [0.15, 0.2) is 6.19 Å². The van der Waals surface area contributed by atoms with Crippen LogP contribution in [-0.2, 0) is 0 Å². The quantitative estimate of drug-likeness (QED) is 0.870. The summed E-state index contributed by atoms with van der Waals surface area (Å²) in [6.45, 7) is 1.88. The molecule has 1 amide bonds. The average molecular weight is 339 g/mol. The number of amides is 1. The summed E-state index contributed by atoms with van der Waals surface area (Å²) in [5.74, 6) is -0.806. The molecular weight excluding hydrogens is 321 g/mol. The number of hydrogen-bond donors (Lipinski definition) is 1. The SMILES string of the molecule is Cc1cnn(-c2ccc(C(=O)N[C@@H]3C[C@@H]4CC[C@H]3N4C#N)cc2F)c1.